The predicted octanol–water partition coefficient (Wildman–Crippen LogP) is 2.82. The van der Waals surface area contributed by atoms with E-state index in [1.54, 1.807) is 12.1 Å². The van der Waals surface area contributed by atoms with Gasteiger partial charge in [0.2, 0.25) is 22.6 Å². The summed E-state index contributed by atoms with van der Waals surface area (Å²) in [6, 6.07) is 5.52. The van der Waals surface area contributed by atoms with Crippen LogP contribution in [0.25, 0.3) is 11.7 Å². The summed E-state index contributed by atoms with van der Waals surface area (Å²) < 4.78 is 11.0. The molecule has 4 rings (SSSR count). The van der Waals surface area contributed by atoms with Crippen LogP contribution in [-0.4, -0.2) is 34.2 Å². The Balaban J connectivity index is 1.42. The number of anilines is 2. The number of nitrogens with one attached hydrogen (secondary N) is 1. The van der Waals surface area contributed by atoms with E-state index in [4.69, 9.17) is 8.83 Å². The fourth-order valence-electron chi connectivity index (χ4n) is 3.00. The Hall–Kier alpha value is -3.19. The van der Waals surface area contributed by atoms with Crippen molar-refractivity contribution in [3.05, 3.63) is 29.1 Å². The minimum Gasteiger partial charge on any atom is -0.459 e. The maximum atomic E-state index is 12.4. The highest BCUT2D eigenvalue weighted by molar-refractivity contribution is 7.15. The van der Waals surface area contributed by atoms with Crippen molar-refractivity contribution in [2.24, 2.45) is 5.92 Å². The monoisotopic (exact) mass is 384 g/mol. The fraction of sp³-hybridized carbons (Fsp3) is 0.353. The van der Waals surface area contributed by atoms with Crippen molar-refractivity contribution < 1.29 is 13.6 Å². The van der Waals surface area contributed by atoms with Crippen molar-refractivity contribution in [2.45, 2.75) is 19.8 Å². The number of nitrogens with zero attached hydrogens (tertiary/aromatic N) is 5. The third-order valence-electron chi connectivity index (χ3n) is 4.36. The van der Waals surface area contributed by atoms with Crippen molar-refractivity contribution in [1.29, 1.82) is 5.26 Å². The molecule has 3 aromatic heterocycles. The lowest BCUT2D eigenvalue weighted by molar-refractivity contribution is -0.120. The number of hydrogen-bond acceptors (Lipinski definition) is 9. The maximum Gasteiger partial charge on any atom is 0.266 e. The molecule has 10 heteroatoms. The number of hydrogen-bond donors (Lipinski definition) is 1. The van der Waals surface area contributed by atoms with Crippen LogP contribution in [0.3, 0.4) is 0 Å². The zero-order valence-corrected chi connectivity index (χ0v) is 15.3. The fourth-order valence-corrected chi connectivity index (χ4v) is 3.60. The highest BCUT2D eigenvalue weighted by atomic mass is 32.1. The molecule has 3 aromatic rings. The van der Waals surface area contributed by atoms with E-state index in [0.717, 1.165) is 5.01 Å². The zero-order valence-electron chi connectivity index (χ0n) is 14.5. The van der Waals surface area contributed by atoms with E-state index in [1.165, 1.54) is 17.6 Å². The average molecular weight is 384 g/mol. The van der Waals surface area contributed by atoms with Crippen molar-refractivity contribution in [2.75, 3.05) is 23.3 Å². The third kappa shape index (κ3) is 3.54. The third-order valence-corrected chi connectivity index (χ3v) is 5.11. The van der Waals surface area contributed by atoms with Crippen LogP contribution < -0.4 is 10.2 Å². The summed E-state index contributed by atoms with van der Waals surface area (Å²) in [6.45, 7) is 3.02. The number of aryl methyl sites for hydroxylation is 1. The topological polar surface area (TPSA) is 121 Å². The van der Waals surface area contributed by atoms with Crippen LogP contribution in [0.1, 0.15) is 23.5 Å². The summed E-state index contributed by atoms with van der Waals surface area (Å²) in [5.74, 6) is 0.989. The second kappa shape index (κ2) is 7.20. The molecule has 138 valence electrons. The van der Waals surface area contributed by atoms with Crippen molar-refractivity contribution in [3.63, 3.8) is 0 Å². The van der Waals surface area contributed by atoms with Gasteiger partial charge in [-0.15, -0.1) is 10.2 Å². The first-order chi connectivity index (χ1) is 13.1. The minimum absolute atomic E-state index is 0.0554. The van der Waals surface area contributed by atoms with Crippen LogP contribution in [-0.2, 0) is 4.79 Å². The van der Waals surface area contributed by atoms with Crippen LogP contribution in [0, 0.1) is 24.2 Å². The molecule has 4 heterocycles. The molecule has 1 aliphatic heterocycles. The van der Waals surface area contributed by atoms with Gasteiger partial charge in [0.25, 0.3) is 5.89 Å². The highest BCUT2D eigenvalue weighted by Crippen LogP contribution is 2.31. The minimum atomic E-state index is -0.122. The van der Waals surface area contributed by atoms with E-state index in [-0.39, 0.29) is 23.4 Å². The van der Waals surface area contributed by atoms with Gasteiger partial charge in [0.1, 0.15) is 11.1 Å². The molecule has 0 aromatic carbocycles. The maximum absolute atomic E-state index is 12.4. The summed E-state index contributed by atoms with van der Waals surface area (Å²) in [5.41, 5.74) is 0.216. The Labute approximate surface area is 158 Å². The van der Waals surface area contributed by atoms with Gasteiger partial charge in [0.15, 0.2) is 5.76 Å². The lowest BCUT2D eigenvalue weighted by Crippen LogP contribution is -2.38. The van der Waals surface area contributed by atoms with E-state index in [1.807, 2.05) is 11.8 Å². The van der Waals surface area contributed by atoms with Crippen molar-refractivity contribution >= 4 is 28.3 Å². The molecule has 1 saturated heterocycles. The first kappa shape index (κ1) is 17.2. The molecule has 1 fully saturated rings. The molecule has 0 saturated carbocycles. The number of amides is 1. The molecule has 0 spiro atoms. The number of aromatic nitrogens is 3. The number of nitriles is 1. The Kier molecular flexibility index (Phi) is 4.60. The molecule has 0 atom stereocenters. The van der Waals surface area contributed by atoms with Gasteiger partial charge in [-0.3, -0.25) is 4.79 Å². The molecule has 0 radical (unpaired) electrons. The number of furan rings is 1. The van der Waals surface area contributed by atoms with Gasteiger partial charge in [-0.05, 0) is 31.9 Å². The first-order valence-electron chi connectivity index (χ1n) is 8.45. The SMILES string of the molecule is Cc1nnc(NC(=O)C2CCN(c3oc(-c4ccco4)nc3C#N)CC2)s1. The molecule has 9 nitrogen and oxygen atoms in total. The van der Waals surface area contributed by atoms with E-state index < -0.39 is 0 Å². The molecule has 27 heavy (non-hydrogen) atoms. The van der Waals surface area contributed by atoms with Gasteiger partial charge >= 0.3 is 0 Å². The van der Waals surface area contributed by atoms with Crippen LogP contribution in [0.15, 0.2) is 27.2 Å². The second-order valence-corrected chi connectivity index (χ2v) is 7.32. The van der Waals surface area contributed by atoms with Gasteiger partial charge in [-0.2, -0.15) is 10.2 Å². The molecule has 1 N–H and O–H groups in total. The first-order valence-corrected chi connectivity index (χ1v) is 9.26. The smallest absolute Gasteiger partial charge is 0.266 e. The van der Waals surface area contributed by atoms with Gasteiger partial charge < -0.3 is 19.1 Å². The quantitative estimate of drug-likeness (QED) is 0.729. The van der Waals surface area contributed by atoms with Crippen LogP contribution in [0.4, 0.5) is 11.0 Å². The Morgan fingerprint density at radius 3 is 2.85 bits per heavy atom. The molecule has 0 aliphatic carbocycles. The van der Waals surface area contributed by atoms with E-state index >= 15 is 0 Å². The van der Waals surface area contributed by atoms with Gasteiger partial charge in [-0.25, -0.2) is 0 Å². The van der Waals surface area contributed by atoms with Gasteiger partial charge in [0.05, 0.1) is 6.26 Å². The van der Waals surface area contributed by atoms with E-state index in [2.05, 4.69) is 26.6 Å². The Morgan fingerprint density at radius 2 is 2.22 bits per heavy atom. The summed E-state index contributed by atoms with van der Waals surface area (Å²) in [4.78, 5) is 18.6. The Bertz CT molecular complexity index is 979. The molecule has 1 amide bonds. The number of carbonyl (C=O) groups excluding carboxylic acids is 1. The molecular formula is C17H16N6O3S. The number of carbonyl (C=O) groups is 1. The molecule has 1 aliphatic rings. The molecule has 0 unspecified atom stereocenters. The zero-order chi connectivity index (χ0) is 18.8. The Morgan fingerprint density at radius 1 is 1.41 bits per heavy atom. The van der Waals surface area contributed by atoms with Crippen LogP contribution in [0.5, 0.6) is 0 Å². The molecule has 0 bridgehead atoms. The average Bonchev–Trinajstić information content (AvgIpc) is 3.42. The summed E-state index contributed by atoms with van der Waals surface area (Å²) >= 11 is 1.35. The normalized spacial score (nSPS) is 14.9. The summed E-state index contributed by atoms with van der Waals surface area (Å²) in [6.07, 6.45) is 2.81. The lowest BCUT2D eigenvalue weighted by Gasteiger charge is -2.30. The predicted molar refractivity (Wildman–Crippen MR) is 97.1 cm³/mol. The highest BCUT2D eigenvalue weighted by Gasteiger charge is 2.29. The largest absolute Gasteiger partial charge is 0.459 e. The lowest BCUT2D eigenvalue weighted by atomic mass is 9.96. The summed E-state index contributed by atoms with van der Waals surface area (Å²) in [5, 5.41) is 21.3. The van der Waals surface area contributed by atoms with Gasteiger partial charge in [-0.1, -0.05) is 11.3 Å². The molecular weight excluding hydrogens is 368 g/mol. The van der Waals surface area contributed by atoms with Crippen molar-refractivity contribution in [3.8, 4) is 17.7 Å². The van der Waals surface area contributed by atoms with Crippen molar-refractivity contribution in [1.82, 2.24) is 15.2 Å². The van der Waals surface area contributed by atoms with Crippen LogP contribution >= 0.6 is 11.3 Å². The number of piperidine rings is 1. The van der Waals surface area contributed by atoms with E-state index in [0.29, 0.717) is 42.7 Å². The van der Waals surface area contributed by atoms with E-state index in [9.17, 15) is 10.1 Å². The van der Waals surface area contributed by atoms with Crippen LogP contribution in [0.2, 0.25) is 0 Å². The summed E-state index contributed by atoms with van der Waals surface area (Å²) in [7, 11) is 0. The number of rotatable bonds is 4. The van der Waals surface area contributed by atoms with Gasteiger partial charge in [0, 0.05) is 19.0 Å². The second-order valence-electron chi connectivity index (χ2n) is 6.14. The number of oxazole rings is 1. The standard InChI is InChI=1S/C17H16N6O3S/c1-10-21-22-17(27-10)20-14(24)11-4-6-23(7-5-11)16-12(9-18)19-15(26-16)13-3-2-8-25-13/h2-3,8,11H,4-7H2,1H3,(H,20,22,24).